The van der Waals surface area contributed by atoms with Crippen LogP contribution in [0, 0.1) is 10.8 Å². The fourth-order valence-electron chi connectivity index (χ4n) is 2.26. The zero-order valence-electron chi connectivity index (χ0n) is 13.5. The Hall–Kier alpha value is 0.0700. The molecule has 0 heterocycles. The molecule has 0 amide bonds. The Morgan fingerprint density at radius 2 is 1.67 bits per heavy atom. The molecule has 0 aromatic rings. The van der Waals surface area contributed by atoms with Crippen molar-refractivity contribution in [2.24, 2.45) is 10.8 Å². The maximum atomic E-state index is 12.1. The first-order valence-corrected chi connectivity index (χ1v) is 7.93. The van der Waals surface area contributed by atoms with Crippen molar-refractivity contribution in [3.8, 4) is 0 Å². The van der Waals surface area contributed by atoms with Crippen LogP contribution in [-0.4, -0.2) is 41.5 Å². The minimum atomic E-state index is -0.941. The predicted octanol–water partition coefficient (Wildman–Crippen LogP) is 2.65. The van der Waals surface area contributed by atoms with Crippen molar-refractivity contribution in [1.29, 1.82) is 0 Å². The van der Waals surface area contributed by atoms with Crippen LogP contribution in [0.2, 0.25) is 0 Å². The largest absolute Gasteiger partial charge is 0.309 e. The Bertz CT molecular complexity index is 269. The summed E-state index contributed by atoms with van der Waals surface area (Å²) in [5.41, 5.74) is 0.372. The summed E-state index contributed by atoms with van der Waals surface area (Å²) in [5, 5.41) is 0.195. The lowest BCUT2D eigenvalue weighted by Crippen LogP contribution is -2.40. The van der Waals surface area contributed by atoms with Crippen molar-refractivity contribution in [2.75, 3.05) is 27.2 Å². The van der Waals surface area contributed by atoms with E-state index in [0.29, 0.717) is 0 Å². The molecule has 0 radical (unpaired) electrons. The fraction of sp³-hybridized carbons (Fsp3) is 1.00. The van der Waals surface area contributed by atoms with Crippen molar-refractivity contribution >= 4 is 11.0 Å². The number of nitrogens with zero attached hydrogens (tertiary/aromatic N) is 1. The Labute approximate surface area is 116 Å². The maximum absolute atomic E-state index is 12.1. The molecule has 3 nitrogen and oxygen atoms in total. The highest BCUT2D eigenvalue weighted by atomic mass is 32.2. The summed E-state index contributed by atoms with van der Waals surface area (Å²) in [4.78, 5) is 2.17. The molecule has 0 aliphatic rings. The summed E-state index contributed by atoms with van der Waals surface area (Å²) < 4.78 is 15.3. The number of rotatable bonds is 7. The number of hydrogen-bond donors (Lipinski definition) is 1. The second-order valence-electron chi connectivity index (χ2n) is 7.60. The lowest BCUT2D eigenvalue weighted by Gasteiger charge is -2.29. The molecule has 0 spiro atoms. The van der Waals surface area contributed by atoms with Gasteiger partial charge < -0.3 is 4.90 Å². The smallest absolute Gasteiger partial charge is 0.0944 e. The zero-order valence-corrected chi connectivity index (χ0v) is 14.3. The van der Waals surface area contributed by atoms with Crippen LogP contribution in [-0.2, 0) is 11.0 Å². The van der Waals surface area contributed by atoms with Gasteiger partial charge in [-0.05, 0) is 38.3 Å². The summed E-state index contributed by atoms with van der Waals surface area (Å²) in [6.07, 6.45) is 0.973. The van der Waals surface area contributed by atoms with E-state index < -0.39 is 11.0 Å². The van der Waals surface area contributed by atoms with Gasteiger partial charge in [0.2, 0.25) is 0 Å². The second kappa shape index (κ2) is 7.01. The summed E-state index contributed by atoms with van der Waals surface area (Å²) in [6.45, 7) is 14.8. The highest BCUT2D eigenvalue weighted by Gasteiger charge is 2.23. The molecule has 0 aromatic carbocycles. The molecular weight excluding hydrogens is 244 g/mol. The van der Waals surface area contributed by atoms with Gasteiger partial charge in [-0.25, -0.2) is 8.93 Å². The molecule has 110 valence electrons. The van der Waals surface area contributed by atoms with Gasteiger partial charge in [0, 0.05) is 18.3 Å². The molecule has 2 atom stereocenters. The van der Waals surface area contributed by atoms with E-state index in [1.807, 2.05) is 0 Å². The summed E-state index contributed by atoms with van der Waals surface area (Å²) >= 11 is 0. The molecule has 18 heavy (non-hydrogen) atoms. The van der Waals surface area contributed by atoms with Crippen LogP contribution in [0.15, 0.2) is 0 Å². The van der Waals surface area contributed by atoms with Crippen LogP contribution in [0.4, 0.5) is 0 Å². The monoisotopic (exact) mass is 276 g/mol. The second-order valence-corrected chi connectivity index (χ2v) is 9.28. The molecule has 0 saturated carbocycles. The molecule has 1 N–H and O–H groups in total. The maximum Gasteiger partial charge on any atom is 0.0944 e. The van der Waals surface area contributed by atoms with E-state index in [1.54, 1.807) is 0 Å². The topological polar surface area (TPSA) is 32.3 Å². The first-order chi connectivity index (χ1) is 7.93. The molecule has 0 rings (SSSR count). The van der Waals surface area contributed by atoms with E-state index >= 15 is 0 Å². The van der Waals surface area contributed by atoms with E-state index in [2.05, 4.69) is 65.3 Å². The highest BCUT2D eigenvalue weighted by molar-refractivity contribution is 7.83. The quantitative estimate of drug-likeness (QED) is 0.775. The van der Waals surface area contributed by atoms with Crippen molar-refractivity contribution in [3.05, 3.63) is 0 Å². The van der Waals surface area contributed by atoms with E-state index in [0.717, 1.165) is 19.5 Å². The van der Waals surface area contributed by atoms with Gasteiger partial charge in [0.25, 0.3) is 0 Å². The Morgan fingerprint density at radius 3 is 2.06 bits per heavy atom. The molecule has 2 unspecified atom stereocenters. The molecule has 0 saturated heterocycles. The van der Waals surface area contributed by atoms with Gasteiger partial charge >= 0.3 is 0 Å². The van der Waals surface area contributed by atoms with Gasteiger partial charge in [0.15, 0.2) is 0 Å². The van der Waals surface area contributed by atoms with Crippen LogP contribution >= 0.6 is 0 Å². The summed E-state index contributed by atoms with van der Waals surface area (Å²) in [6, 6.07) is 0. The van der Waals surface area contributed by atoms with Gasteiger partial charge in [-0.2, -0.15) is 0 Å². The molecule has 0 bridgehead atoms. The van der Waals surface area contributed by atoms with Crippen LogP contribution < -0.4 is 4.72 Å². The highest BCUT2D eigenvalue weighted by Crippen LogP contribution is 2.23. The third-order valence-electron chi connectivity index (χ3n) is 2.70. The molecular formula is C14H32N2OS. The van der Waals surface area contributed by atoms with Gasteiger partial charge in [0.1, 0.15) is 0 Å². The predicted molar refractivity (Wildman–Crippen MR) is 82.0 cm³/mol. The molecule has 4 heteroatoms. The zero-order chi connectivity index (χ0) is 14.6. The van der Waals surface area contributed by atoms with E-state index in [9.17, 15) is 4.21 Å². The van der Waals surface area contributed by atoms with Gasteiger partial charge in [-0.1, -0.05) is 34.6 Å². The average Bonchev–Trinajstić information content (AvgIpc) is 2.09. The normalized spacial score (nSPS) is 16.9. The lowest BCUT2D eigenvalue weighted by atomic mass is 9.91. The lowest BCUT2D eigenvalue weighted by molar-refractivity contribution is 0.243. The number of hydrogen-bond acceptors (Lipinski definition) is 2. The Balaban J connectivity index is 4.17. The van der Waals surface area contributed by atoms with E-state index in [4.69, 9.17) is 0 Å². The van der Waals surface area contributed by atoms with Gasteiger partial charge in [-0.15, -0.1) is 0 Å². The minimum absolute atomic E-state index is 0.139. The SMILES string of the molecule is CC(CC(C)(C)C)S(=O)NCC(C)(C)CN(C)C. The molecule has 0 aliphatic carbocycles. The third kappa shape index (κ3) is 9.06. The molecule has 0 aromatic heterocycles. The van der Waals surface area contributed by atoms with Crippen molar-refractivity contribution in [3.63, 3.8) is 0 Å². The van der Waals surface area contributed by atoms with Crippen molar-refractivity contribution < 1.29 is 4.21 Å². The van der Waals surface area contributed by atoms with Crippen LogP contribution in [0.25, 0.3) is 0 Å². The van der Waals surface area contributed by atoms with Gasteiger partial charge in [0.05, 0.1) is 11.0 Å². The van der Waals surface area contributed by atoms with Crippen molar-refractivity contribution in [1.82, 2.24) is 9.62 Å². The van der Waals surface area contributed by atoms with E-state index in [-0.39, 0.29) is 16.1 Å². The van der Waals surface area contributed by atoms with E-state index in [1.165, 1.54) is 0 Å². The van der Waals surface area contributed by atoms with Crippen LogP contribution in [0.5, 0.6) is 0 Å². The minimum Gasteiger partial charge on any atom is -0.309 e. The summed E-state index contributed by atoms with van der Waals surface area (Å²) in [7, 11) is 3.20. The first kappa shape index (κ1) is 18.1. The Kier molecular flexibility index (Phi) is 7.04. The fourth-order valence-corrected chi connectivity index (χ4v) is 3.73. The standard InChI is InChI=1S/C14H32N2OS/c1-12(9-13(2,3)4)18(17)15-10-14(5,6)11-16(7)8/h12,15H,9-11H2,1-8H3. The van der Waals surface area contributed by atoms with Crippen molar-refractivity contribution in [2.45, 2.75) is 53.2 Å². The average molecular weight is 276 g/mol. The van der Waals surface area contributed by atoms with Crippen LogP contribution in [0.1, 0.15) is 48.0 Å². The van der Waals surface area contributed by atoms with Crippen LogP contribution in [0.3, 0.4) is 0 Å². The first-order valence-electron chi connectivity index (χ1n) is 6.72. The molecule has 0 fully saturated rings. The number of nitrogens with one attached hydrogen (secondary N) is 1. The molecule has 0 aliphatic heterocycles. The summed E-state index contributed by atoms with van der Waals surface area (Å²) in [5.74, 6) is 0. The third-order valence-corrected chi connectivity index (χ3v) is 4.03. The Morgan fingerprint density at radius 1 is 1.17 bits per heavy atom. The van der Waals surface area contributed by atoms with Gasteiger partial charge in [-0.3, -0.25) is 0 Å².